The van der Waals surface area contributed by atoms with E-state index in [9.17, 15) is 0 Å². The molecule has 14 heavy (non-hydrogen) atoms. The van der Waals surface area contributed by atoms with Gasteiger partial charge >= 0.3 is 0 Å². The number of hydrogen-bond donors (Lipinski definition) is 0. The van der Waals surface area contributed by atoms with Crippen LogP contribution in [0.15, 0.2) is 24.5 Å². The highest BCUT2D eigenvalue weighted by Crippen LogP contribution is 2.23. The van der Waals surface area contributed by atoms with Crippen molar-refractivity contribution in [2.45, 2.75) is 26.7 Å². The third-order valence-electron chi connectivity index (χ3n) is 2.48. The van der Waals surface area contributed by atoms with Crippen LogP contribution in [0.5, 0.6) is 0 Å². The SMILES string of the molecule is Cc1ccnc2c(C(C)C)ccnc12. The van der Waals surface area contributed by atoms with Crippen LogP contribution in [0.4, 0.5) is 0 Å². The van der Waals surface area contributed by atoms with Gasteiger partial charge in [0.2, 0.25) is 0 Å². The molecule has 2 heteroatoms. The van der Waals surface area contributed by atoms with Gasteiger partial charge in [0.15, 0.2) is 0 Å². The molecular formula is C12H14N2. The van der Waals surface area contributed by atoms with Crippen molar-refractivity contribution in [3.05, 3.63) is 35.7 Å². The van der Waals surface area contributed by atoms with Crippen LogP contribution in [0.2, 0.25) is 0 Å². The number of rotatable bonds is 1. The Bertz CT molecular complexity index is 461. The summed E-state index contributed by atoms with van der Waals surface area (Å²) in [4.78, 5) is 8.76. The first-order chi connectivity index (χ1) is 6.70. The molecule has 0 atom stereocenters. The minimum absolute atomic E-state index is 0.495. The Balaban J connectivity index is 2.81. The molecule has 2 nitrogen and oxygen atoms in total. The topological polar surface area (TPSA) is 25.8 Å². The molecule has 2 heterocycles. The van der Waals surface area contributed by atoms with Crippen molar-refractivity contribution < 1.29 is 0 Å². The van der Waals surface area contributed by atoms with E-state index in [4.69, 9.17) is 0 Å². The quantitative estimate of drug-likeness (QED) is 0.684. The number of aryl methyl sites for hydroxylation is 1. The first-order valence-corrected chi connectivity index (χ1v) is 4.90. The van der Waals surface area contributed by atoms with Gasteiger partial charge in [-0.1, -0.05) is 13.8 Å². The highest BCUT2D eigenvalue weighted by Gasteiger charge is 2.07. The van der Waals surface area contributed by atoms with Crippen LogP contribution in [0.3, 0.4) is 0 Å². The van der Waals surface area contributed by atoms with E-state index in [1.807, 2.05) is 18.5 Å². The molecule has 0 aromatic carbocycles. The van der Waals surface area contributed by atoms with Gasteiger partial charge in [0.1, 0.15) is 0 Å². The fourth-order valence-electron chi connectivity index (χ4n) is 1.66. The summed E-state index contributed by atoms with van der Waals surface area (Å²) in [6.45, 7) is 6.43. The lowest BCUT2D eigenvalue weighted by molar-refractivity contribution is 0.870. The summed E-state index contributed by atoms with van der Waals surface area (Å²) in [6.07, 6.45) is 3.72. The predicted molar refractivity (Wildman–Crippen MR) is 58.4 cm³/mol. The zero-order valence-corrected chi connectivity index (χ0v) is 8.78. The van der Waals surface area contributed by atoms with Crippen LogP contribution in [-0.4, -0.2) is 9.97 Å². The Hall–Kier alpha value is -1.44. The van der Waals surface area contributed by atoms with Gasteiger partial charge in [0.25, 0.3) is 0 Å². The van der Waals surface area contributed by atoms with E-state index in [2.05, 4.69) is 36.8 Å². The van der Waals surface area contributed by atoms with Crippen LogP contribution in [-0.2, 0) is 0 Å². The predicted octanol–water partition coefficient (Wildman–Crippen LogP) is 3.06. The van der Waals surface area contributed by atoms with Crippen molar-refractivity contribution in [1.82, 2.24) is 9.97 Å². The maximum absolute atomic E-state index is 4.40. The lowest BCUT2D eigenvalue weighted by atomic mass is 10.0. The summed E-state index contributed by atoms with van der Waals surface area (Å²) in [7, 11) is 0. The summed E-state index contributed by atoms with van der Waals surface area (Å²) < 4.78 is 0. The van der Waals surface area contributed by atoms with E-state index in [0.29, 0.717) is 5.92 Å². The number of hydrogen-bond acceptors (Lipinski definition) is 2. The lowest BCUT2D eigenvalue weighted by Crippen LogP contribution is -1.94. The lowest BCUT2D eigenvalue weighted by Gasteiger charge is -2.08. The van der Waals surface area contributed by atoms with Crippen LogP contribution < -0.4 is 0 Å². The van der Waals surface area contributed by atoms with E-state index in [-0.39, 0.29) is 0 Å². The minimum atomic E-state index is 0.495. The standard InChI is InChI=1S/C12H14N2/c1-8(2)10-5-7-13-11-9(3)4-6-14-12(10)11/h4-8H,1-3H3. The van der Waals surface area contributed by atoms with Gasteiger partial charge in [-0.3, -0.25) is 9.97 Å². The minimum Gasteiger partial charge on any atom is -0.254 e. The number of pyridine rings is 2. The molecule has 0 N–H and O–H groups in total. The molecule has 0 fully saturated rings. The van der Waals surface area contributed by atoms with Crippen molar-refractivity contribution in [2.75, 3.05) is 0 Å². The van der Waals surface area contributed by atoms with Gasteiger partial charge in [-0.05, 0) is 36.1 Å². The summed E-state index contributed by atoms with van der Waals surface area (Å²) in [5.41, 5.74) is 4.54. The second-order valence-corrected chi connectivity index (χ2v) is 3.88. The second kappa shape index (κ2) is 3.37. The van der Waals surface area contributed by atoms with Gasteiger partial charge in [-0.25, -0.2) is 0 Å². The fraction of sp³-hybridized carbons (Fsp3) is 0.333. The van der Waals surface area contributed by atoms with E-state index >= 15 is 0 Å². The van der Waals surface area contributed by atoms with Crippen LogP contribution in [0, 0.1) is 6.92 Å². The first kappa shape index (κ1) is 9.13. The Morgan fingerprint density at radius 2 is 1.64 bits per heavy atom. The highest BCUT2D eigenvalue weighted by atomic mass is 14.7. The molecule has 0 aliphatic carbocycles. The van der Waals surface area contributed by atoms with Crippen molar-refractivity contribution in [3.63, 3.8) is 0 Å². The molecule has 0 amide bonds. The summed E-state index contributed by atoms with van der Waals surface area (Å²) >= 11 is 0. The Morgan fingerprint density at radius 3 is 2.36 bits per heavy atom. The largest absolute Gasteiger partial charge is 0.254 e. The molecule has 0 aliphatic heterocycles. The van der Waals surface area contributed by atoms with Crippen molar-refractivity contribution >= 4 is 11.0 Å². The van der Waals surface area contributed by atoms with Crippen molar-refractivity contribution in [1.29, 1.82) is 0 Å². The third-order valence-corrected chi connectivity index (χ3v) is 2.48. The van der Waals surface area contributed by atoms with Crippen molar-refractivity contribution in [2.24, 2.45) is 0 Å². The summed E-state index contributed by atoms with van der Waals surface area (Å²) in [5, 5.41) is 0. The Kier molecular flexibility index (Phi) is 2.20. The zero-order valence-electron chi connectivity index (χ0n) is 8.78. The average molecular weight is 186 g/mol. The first-order valence-electron chi connectivity index (χ1n) is 4.90. The van der Waals surface area contributed by atoms with Gasteiger partial charge in [-0.15, -0.1) is 0 Å². The molecule has 0 spiro atoms. The molecule has 0 radical (unpaired) electrons. The van der Waals surface area contributed by atoms with E-state index in [0.717, 1.165) is 11.0 Å². The van der Waals surface area contributed by atoms with Gasteiger partial charge in [-0.2, -0.15) is 0 Å². The zero-order chi connectivity index (χ0) is 10.1. The second-order valence-electron chi connectivity index (χ2n) is 3.88. The maximum atomic E-state index is 4.40. The molecule has 0 saturated heterocycles. The molecule has 2 rings (SSSR count). The highest BCUT2D eigenvalue weighted by molar-refractivity contribution is 5.80. The number of fused-ring (bicyclic) bond motifs is 1. The fourth-order valence-corrected chi connectivity index (χ4v) is 1.66. The molecule has 0 aliphatic rings. The summed E-state index contributed by atoms with van der Waals surface area (Å²) in [5.74, 6) is 0.495. The van der Waals surface area contributed by atoms with Crippen LogP contribution >= 0.6 is 0 Å². The van der Waals surface area contributed by atoms with Gasteiger partial charge in [0.05, 0.1) is 11.0 Å². The molecule has 2 aromatic rings. The monoisotopic (exact) mass is 186 g/mol. The molecule has 72 valence electrons. The molecule has 2 aromatic heterocycles. The average Bonchev–Trinajstić information content (AvgIpc) is 2.17. The summed E-state index contributed by atoms with van der Waals surface area (Å²) in [6, 6.07) is 4.05. The molecule has 0 saturated carbocycles. The number of aromatic nitrogens is 2. The van der Waals surface area contributed by atoms with Crippen molar-refractivity contribution in [3.8, 4) is 0 Å². The number of nitrogens with zero attached hydrogens (tertiary/aromatic N) is 2. The van der Waals surface area contributed by atoms with E-state index in [1.54, 1.807) is 0 Å². The smallest absolute Gasteiger partial charge is 0.0923 e. The molecule has 0 bridgehead atoms. The van der Waals surface area contributed by atoms with Crippen LogP contribution in [0.1, 0.15) is 30.9 Å². The normalized spacial score (nSPS) is 11.1. The van der Waals surface area contributed by atoms with Gasteiger partial charge < -0.3 is 0 Å². The maximum Gasteiger partial charge on any atom is 0.0923 e. The molecular weight excluding hydrogens is 172 g/mol. The van der Waals surface area contributed by atoms with Crippen LogP contribution in [0.25, 0.3) is 11.0 Å². The Labute approximate surface area is 84.0 Å². The van der Waals surface area contributed by atoms with E-state index in [1.165, 1.54) is 11.1 Å². The van der Waals surface area contributed by atoms with Gasteiger partial charge in [0, 0.05) is 12.4 Å². The molecule has 0 unspecified atom stereocenters. The Morgan fingerprint density at radius 1 is 1.00 bits per heavy atom. The van der Waals surface area contributed by atoms with E-state index < -0.39 is 0 Å². The third kappa shape index (κ3) is 1.37.